The van der Waals surface area contributed by atoms with Crippen molar-refractivity contribution in [1.29, 1.82) is 0 Å². The number of hydrogen-bond acceptors (Lipinski definition) is 2. The molecule has 0 aliphatic rings. The SMILES string of the molecule is CCc1ccc(C(C)(C)C)c(OCCCOC)c1. The van der Waals surface area contributed by atoms with Crippen LogP contribution in [0.2, 0.25) is 0 Å². The van der Waals surface area contributed by atoms with Crippen LogP contribution >= 0.6 is 0 Å². The van der Waals surface area contributed by atoms with E-state index in [2.05, 4.69) is 45.9 Å². The van der Waals surface area contributed by atoms with Gasteiger partial charge in [0.25, 0.3) is 0 Å². The highest BCUT2D eigenvalue weighted by molar-refractivity contribution is 5.41. The molecule has 0 saturated heterocycles. The van der Waals surface area contributed by atoms with E-state index >= 15 is 0 Å². The lowest BCUT2D eigenvalue weighted by molar-refractivity contribution is 0.171. The van der Waals surface area contributed by atoms with Gasteiger partial charge in [-0.25, -0.2) is 0 Å². The molecule has 0 aliphatic carbocycles. The molecule has 2 heteroatoms. The summed E-state index contributed by atoms with van der Waals surface area (Å²) in [5.74, 6) is 1.03. The largest absolute Gasteiger partial charge is 0.493 e. The molecule has 0 unspecified atom stereocenters. The Labute approximate surface area is 111 Å². The number of ether oxygens (including phenoxy) is 2. The zero-order valence-electron chi connectivity index (χ0n) is 12.4. The van der Waals surface area contributed by atoms with Crippen LogP contribution in [0.25, 0.3) is 0 Å². The van der Waals surface area contributed by atoms with E-state index in [0.717, 1.165) is 25.2 Å². The van der Waals surface area contributed by atoms with E-state index in [0.29, 0.717) is 6.61 Å². The Morgan fingerprint density at radius 3 is 2.39 bits per heavy atom. The van der Waals surface area contributed by atoms with Crippen molar-refractivity contribution in [2.24, 2.45) is 0 Å². The Morgan fingerprint density at radius 2 is 1.83 bits per heavy atom. The molecule has 0 amide bonds. The van der Waals surface area contributed by atoms with Gasteiger partial charge in [-0.15, -0.1) is 0 Å². The molecule has 18 heavy (non-hydrogen) atoms. The molecule has 102 valence electrons. The zero-order chi connectivity index (χ0) is 13.6. The summed E-state index contributed by atoms with van der Waals surface area (Å²) in [4.78, 5) is 0. The van der Waals surface area contributed by atoms with Crippen LogP contribution in [0.4, 0.5) is 0 Å². The molecular formula is C16H26O2. The molecule has 0 fully saturated rings. The summed E-state index contributed by atoms with van der Waals surface area (Å²) in [7, 11) is 1.72. The van der Waals surface area contributed by atoms with Gasteiger partial charge < -0.3 is 9.47 Å². The first-order valence-electron chi connectivity index (χ1n) is 6.74. The molecule has 0 aromatic heterocycles. The standard InChI is InChI=1S/C16H26O2/c1-6-13-8-9-14(16(2,3)4)15(12-13)18-11-7-10-17-5/h8-9,12H,6-7,10-11H2,1-5H3. The Balaban J connectivity index is 2.83. The highest BCUT2D eigenvalue weighted by Gasteiger charge is 2.19. The van der Waals surface area contributed by atoms with Crippen molar-refractivity contribution in [1.82, 2.24) is 0 Å². The fourth-order valence-corrected chi connectivity index (χ4v) is 1.91. The molecule has 0 heterocycles. The van der Waals surface area contributed by atoms with E-state index in [1.54, 1.807) is 7.11 Å². The van der Waals surface area contributed by atoms with Crippen molar-refractivity contribution in [2.75, 3.05) is 20.3 Å². The molecular weight excluding hydrogens is 224 g/mol. The number of rotatable bonds is 6. The number of methoxy groups -OCH3 is 1. The van der Waals surface area contributed by atoms with Gasteiger partial charge in [0.05, 0.1) is 6.61 Å². The third-order valence-electron chi connectivity index (χ3n) is 3.01. The van der Waals surface area contributed by atoms with Crippen molar-refractivity contribution in [2.45, 2.75) is 46.0 Å². The van der Waals surface area contributed by atoms with Crippen LogP contribution in [0.1, 0.15) is 45.2 Å². The summed E-state index contributed by atoms with van der Waals surface area (Å²) < 4.78 is 11.0. The summed E-state index contributed by atoms with van der Waals surface area (Å²) in [6, 6.07) is 6.57. The van der Waals surface area contributed by atoms with Crippen LogP contribution in [-0.4, -0.2) is 20.3 Å². The highest BCUT2D eigenvalue weighted by Crippen LogP contribution is 2.32. The quantitative estimate of drug-likeness (QED) is 0.711. The highest BCUT2D eigenvalue weighted by atomic mass is 16.5. The minimum Gasteiger partial charge on any atom is -0.493 e. The van der Waals surface area contributed by atoms with Gasteiger partial charge in [0.15, 0.2) is 0 Å². The van der Waals surface area contributed by atoms with Crippen LogP contribution in [0.5, 0.6) is 5.75 Å². The molecule has 1 aromatic carbocycles. The average molecular weight is 250 g/mol. The van der Waals surface area contributed by atoms with E-state index in [4.69, 9.17) is 9.47 Å². The topological polar surface area (TPSA) is 18.5 Å². The van der Waals surface area contributed by atoms with E-state index < -0.39 is 0 Å². The van der Waals surface area contributed by atoms with Crippen LogP contribution in [-0.2, 0) is 16.6 Å². The molecule has 1 rings (SSSR count). The van der Waals surface area contributed by atoms with Crippen LogP contribution in [0, 0.1) is 0 Å². The second-order valence-corrected chi connectivity index (χ2v) is 5.63. The minimum absolute atomic E-state index is 0.114. The van der Waals surface area contributed by atoms with Crippen molar-refractivity contribution < 1.29 is 9.47 Å². The normalized spacial score (nSPS) is 11.6. The Morgan fingerprint density at radius 1 is 1.11 bits per heavy atom. The van der Waals surface area contributed by atoms with Gasteiger partial charge in [-0.1, -0.05) is 39.8 Å². The molecule has 2 nitrogen and oxygen atoms in total. The van der Waals surface area contributed by atoms with Gasteiger partial charge in [-0.3, -0.25) is 0 Å². The first kappa shape index (κ1) is 15.0. The third kappa shape index (κ3) is 4.34. The fourth-order valence-electron chi connectivity index (χ4n) is 1.91. The maximum atomic E-state index is 5.93. The lowest BCUT2D eigenvalue weighted by Crippen LogP contribution is -2.14. The fraction of sp³-hybridized carbons (Fsp3) is 0.625. The monoisotopic (exact) mass is 250 g/mol. The van der Waals surface area contributed by atoms with Crippen LogP contribution in [0.15, 0.2) is 18.2 Å². The van der Waals surface area contributed by atoms with Gasteiger partial charge >= 0.3 is 0 Å². The van der Waals surface area contributed by atoms with Crippen LogP contribution in [0.3, 0.4) is 0 Å². The van der Waals surface area contributed by atoms with E-state index in [1.165, 1.54) is 11.1 Å². The predicted molar refractivity (Wildman–Crippen MR) is 76.5 cm³/mol. The first-order chi connectivity index (χ1) is 8.49. The predicted octanol–water partition coefficient (Wildman–Crippen LogP) is 3.96. The van der Waals surface area contributed by atoms with Gasteiger partial charge in [-0.05, 0) is 29.0 Å². The smallest absolute Gasteiger partial charge is 0.123 e. The van der Waals surface area contributed by atoms with Gasteiger partial charge in [0.1, 0.15) is 5.75 Å². The third-order valence-corrected chi connectivity index (χ3v) is 3.01. The lowest BCUT2D eigenvalue weighted by Gasteiger charge is -2.23. The number of hydrogen-bond donors (Lipinski definition) is 0. The minimum atomic E-state index is 0.114. The molecule has 0 bridgehead atoms. The van der Waals surface area contributed by atoms with Gasteiger partial charge in [0.2, 0.25) is 0 Å². The maximum absolute atomic E-state index is 5.93. The first-order valence-corrected chi connectivity index (χ1v) is 6.74. The van der Waals surface area contributed by atoms with E-state index in [-0.39, 0.29) is 5.41 Å². The zero-order valence-corrected chi connectivity index (χ0v) is 12.4. The second-order valence-electron chi connectivity index (χ2n) is 5.63. The van der Waals surface area contributed by atoms with E-state index in [1.807, 2.05) is 0 Å². The van der Waals surface area contributed by atoms with Gasteiger partial charge in [-0.2, -0.15) is 0 Å². The molecule has 1 aromatic rings. The number of aryl methyl sites for hydroxylation is 1. The molecule has 0 saturated carbocycles. The Hall–Kier alpha value is -1.02. The summed E-state index contributed by atoms with van der Waals surface area (Å²) >= 11 is 0. The second kappa shape index (κ2) is 6.79. The lowest BCUT2D eigenvalue weighted by atomic mass is 9.85. The Bertz CT molecular complexity index is 364. The molecule has 0 N–H and O–H groups in total. The van der Waals surface area contributed by atoms with Gasteiger partial charge in [0, 0.05) is 20.1 Å². The summed E-state index contributed by atoms with van der Waals surface area (Å²) in [6.45, 7) is 10.3. The van der Waals surface area contributed by atoms with Crippen LogP contribution < -0.4 is 4.74 Å². The van der Waals surface area contributed by atoms with E-state index in [9.17, 15) is 0 Å². The maximum Gasteiger partial charge on any atom is 0.123 e. The van der Waals surface area contributed by atoms with Crippen molar-refractivity contribution >= 4 is 0 Å². The molecule has 0 radical (unpaired) electrons. The number of benzene rings is 1. The average Bonchev–Trinajstić information content (AvgIpc) is 2.33. The van der Waals surface area contributed by atoms with Crippen molar-refractivity contribution in [3.63, 3.8) is 0 Å². The molecule has 0 aliphatic heterocycles. The summed E-state index contributed by atoms with van der Waals surface area (Å²) in [5.41, 5.74) is 2.71. The van der Waals surface area contributed by atoms with Crippen molar-refractivity contribution in [3.8, 4) is 5.75 Å². The summed E-state index contributed by atoms with van der Waals surface area (Å²) in [6.07, 6.45) is 1.97. The van der Waals surface area contributed by atoms with Crippen molar-refractivity contribution in [3.05, 3.63) is 29.3 Å². The molecule has 0 atom stereocenters. The Kier molecular flexibility index (Phi) is 5.67. The molecule has 0 spiro atoms. The summed E-state index contributed by atoms with van der Waals surface area (Å²) in [5, 5.41) is 0.